The summed E-state index contributed by atoms with van der Waals surface area (Å²) < 4.78 is 18.6. The van der Waals surface area contributed by atoms with Crippen LogP contribution in [0.3, 0.4) is 0 Å². The van der Waals surface area contributed by atoms with Crippen LogP contribution in [0.4, 0.5) is 15.0 Å². The summed E-state index contributed by atoms with van der Waals surface area (Å²) in [6.45, 7) is 8.85. The molecule has 0 aliphatic carbocycles. The Kier molecular flexibility index (Phi) is 6.68. The highest BCUT2D eigenvalue weighted by Crippen LogP contribution is 2.21. The molecule has 1 amide bonds. The number of anilines is 1. The van der Waals surface area contributed by atoms with E-state index in [-0.39, 0.29) is 28.7 Å². The van der Waals surface area contributed by atoms with E-state index < -0.39 is 23.3 Å². The second-order valence-electron chi connectivity index (χ2n) is 7.63. The Labute approximate surface area is 168 Å². The molecule has 8 heteroatoms. The molecule has 1 aromatic heterocycles. The van der Waals surface area contributed by atoms with Crippen LogP contribution in [-0.2, 0) is 4.74 Å². The van der Waals surface area contributed by atoms with Crippen LogP contribution in [0.5, 0.6) is 0 Å². The topological polar surface area (TPSA) is 92.1 Å². The third-order valence-corrected chi connectivity index (χ3v) is 3.79. The van der Waals surface area contributed by atoms with E-state index in [0.29, 0.717) is 0 Å². The number of hydrogen-bond donors (Lipinski definition) is 1. The molecule has 0 unspecified atom stereocenters. The Morgan fingerprint density at radius 2 is 1.76 bits per heavy atom. The summed E-state index contributed by atoms with van der Waals surface area (Å²) in [4.78, 5) is 30.8. The van der Waals surface area contributed by atoms with Gasteiger partial charge in [-0.15, -0.1) is 0 Å². The number of ether oxygens (including phenoxy) is 1. The summed E-state index contributed by atoms with van der Waals surface area (Å²) in [5, 5.41) is 12.6. The van der Waals surface area contributed by atoms with Gasteiger partial charge in [0.1, 0.15) is 17.2 Å². The highest BCUT2D eigenvalue weighted by atomic mass is 19.1. The number of benzene rings is 1. The quantitative estimate of drug-likeness (QED) is 0.346. The van der Waals surface area contributed by atoms with Crippen LogP contribution in [0.15, 0.2) is 47.8 Å². The number of Topliss-reactive ketones (excluding diaryl/α,β-unsaturated/α-hetero) is 1. The van der Waals surface area contributed by atoms with Crippen LogP contribution >= 0.6 is 0 Å². The molecule has 0 spiro atoms. The number of carbonyl (C=O) groups is 2. The number of oxime groups is 1. The fourth-order valence-electron chi connectivity index (χ4n) is 2.55. The second kappa shape index (κ2) is 8.81. The lowest BCUT2D eigenvalue weighted by Gasteiger charge is -2.29. The van der Waals surface area contributed by atoms with Crippen molar-refractivity contribution in [3.8, 4) is 0 Å². The first-order valence-electron chi connectivity index (χ1n) is 9.04. The third kappa shape index (κ3) is 5.60. The monoisotopic (exact) mass is 401 g/mol. The molecule has 0 radical (unpaired) electrons. The first-order valence-corrected chi connectivity index (χ1v) is 9.04. The van der Waals surface area contributed by atoms with Crippen molar-refractivity contribution < 1.29 is 23.9 Å². The zero-order valence-corrected chi connectivity index (χ0v) is 17.0. The lowest BCUT2D eigenvalue weighted by molar-refractivity contribution is 0.0569. The molecular formula is C21H24FN3O4. The van der Waals surface area contributed by atoms with Gasteiger partial charge in [0, 0.05) is 23.4 Å². The van der Waals surface area contributed by atoms with Crippen LogP contribution in [0, 0.1) is 5.82 Å². The molecule has 154 valence electrons. The molecule has 1 aromatic carbocycles. The van der Waals surface area contributed by atoms with Gasteiger partial charge in [0.25, 0.3) is 0 Å². The highest BCUT2D eigenvalue weighted by Gasteiger charge is 2.27. The SMILES string of the molecule is CC(C)N(C(=O)OC(C)(C)C)c1cc(/C(=N/O)C(=O)c2ccc(F)cc2)ccn1. The van der Waals surface area contributed by atoms with Gasteiger partial charge in [-0.2, -0.15) is 0 Å². The number of rotatable bonds is 5. The molecule has 1 N–H and O–H groups in total. The van der Waals surface area contributed by atoms with Crippen molar-refractivity contribution in [2.75, 3.05) is 4.90 Å². The van der Waals surface area contributed by atoms with E-state index in [0.717, 1.165) is 12.1 Å². The number of pyridine rings is 1. The third-order valence-electron chi connectivity index (χ3n) is 3.79. The maximum absolute atomic E-state index is 13.1. The van der Waals surface area contributed by atoms with Gasteiger partial charge in [0.05, 0.1) is 0 Å². The molecule has 1 heterocycles. The van der Waals surface area contributed by atoms with Crippen molar-refractivity contribution in [1.82, 2.24) is 4.98 Å². The molecule has 0 atom stereocenters. The smallest absolute Gasteiger partial charge is 0.416 e. The van der Waals surface area contributed by atoms with E-state index in [2.05, 4.69) is 10.1 Å². The molecule has 0 bridgehead atoms. The first kappa shape index (κ1) is 22.0. The maximum Gasteiger partial charge on any atom is 0.416 e. The number of aromatic nitrogens is 1. The summed E-state index contributed by atoms with van der Waals surface area (Å²) in [7, 11) is 0. The Hall–Kier alpha value is -3.29. The zero-order valence-electron chi connectivity index (χ0n) is 17.0. The van der Waals surface area contributed by atoms with Gasteiger partial charge in [-0.25, -0.2) is 14.2 Å². The summed E-state index contributed by atoms with van der Waals surface area (Å²) in [5.74, 6) is -0.849. The van der Waals surface area contributed by atoms with Gasteiger partial charge in [-0.1, -0.05) is 5.16 Å². The second-order valence-corrected chi connectivity index (χ2v) is 7.63. The molecule has 2 rings (SSSR count). The molecule has 0 fully saturated rings. The fourth-order valence-corrected chi connectivity index (χ4v) is 2.55. The molecule has 2 aromatic rings. The summed E-state index contributed by atoms with van der Waals surface area (Å²) in [6, 6.07) is 7.54. The number of nitrogens with zero attached hydrogens (tertiary/aromatic N) is 3. The zero-order chi connectivity index (χ0) is 21.8. The number of hydrogen-bond acceptors (Lipinski definition) is 6. The minimum absolute atomic E-state index is 0.158. The Morgan fingerprint density at radius 1 is 1.14 bits per heavy atom. The van der Waals surface area contributed by atoms with E-state index in [9.17, 15) is 19.2 Å². The summed E-state index contributed by atoms with van der Waals surface area (Å²) in [6.07, 6.45) is 0.803. The van der Waals surface area contributed by atoms with Crippen LogP contribution < -0.4 is 4.90 Å². The van der Waals surface area contributed by atoms with Gasteiger partial charge in [0.15, 0.2) is 5.71 Å². The predicted molar refractivity (Wildman–Crippen MR) is 107 cm³/mol. The minimum Gasteiger partial charge on any atom is -0.443 e. The maximum atomic E-state index is 13.1. The van der Waals surface area contributed by atoms with Crippen molar-refractivity contribution in [3.63, 3.8) is 0 Å². The van der Waals surface area contributed by atoms with Gasteiger partial charge < -0.3 is 9.94 Å². The molecule has 29 heavy (non-hydrogen) atoms. The summed E-state index contributed by atoms with van der Waals surface area (Å²) in [5.41, 5.74) is -0.544. The fraction of sp³-hybridized carbons (Fsp3) is 0.333. The van der Waals surface area contributed by atoms with Crippen LogP contribution in [0.25, 0.3) is 0 Å². The standard InChI is InChI=1S/C21H24FN3O4/c1-13(2)25(20(27)29-21(3,4)5)17-12-15(10-11-23-17)18(24-28)19(26)14-6-8-16(22)9-7-14/h6-13,28H,1-5H3/b24-18-. The molecule has 0 saturated carbocycles. The predicted octanol–water partition coefficient (Wildman–Crippen LogP) is 4.43. The van der Waals surface area contributed by atoms with Crippen LogP contribution in [-0.4, -0.2) is 39.4 Å². The van der Waals surface area contributed by atoms with Gasteiger partial charge in [-0.3, -0.25) is 9.69 Å². The van der Waals surface area contributed by atoms with E-state index in [4.69, 9.17) is 4.74 Å². The molecule has 0 saturated heterocycles. The van der Waals surface area contributed by atoms with E-state index in [1.165, 1.54) is 35.4 Å². The van der Waals surface area contributed by atoms with Crippen molar-refractivity contribution in [2.24, 2.45) is 5.16 Å². The average Bonchev–Trinajstić information content (AvgIpc) is 2.61. The Balaban J connectivity index is 2.40. The van der Waals surface area contributed by atoms with Crippen molar-refractivity contribution in [3.05, 3.63) is 59.5 Å². The van der Waals surface area contributed by atoms with Crippen molar-refractivity contribution >= 4 is 23.4 Å². The molecular weight excluding hydrogens is 377 g/mol. The van der Waals surface area contributed by atoms with E-state index in [1.54, 1.807) is 34.6 Å². The lowest BCUT2D eigenvalue weighted by Crippen LogP contribution is -2.41. The Bertz CT molecular complexity index is 918. The largest absolute Gasteiger partial charge is 0.443 e. The first-order chi connectivity index (χ1) is 13.5. The number of ketones is 1. The number of halogens is 1. The molecule has 7 nitrogen and oxygen atoms in total. The normalized spacial score (nSPS) is 12.0. The molecule has 0 aliphatic heterocycles. The highest BCUT2D eigenvalue weighted by molar-refractivity contribution is 6.51. The number of amides is 1. The lowest BCUT2D eigenvalue weighted by atomic mass is 10.0. The number of carbonyl (C=O) groups excluding carboxylic acids is 2. The van der Waals surface area contributed by atoms with Crippen LogP contribution in [0.2, 0.25) is 0 Å². The Morgan fingerprint density at radius 3 is 2.28 bits per heavy atom. The average molecular weight is 401 g/mol. The summed E-state index contributed by atoms with van der Waals surface area (Å²) >= 11 is 0. The van der Waals surface area contributed by atoms with Crippen molar-refractivity contribution in [2.45, 2.75) is 46.3 Å². The van der Waals surface area contributed by atoms with Gasteiger partial charge in [0.2, 0.25) is 5.78 Å². The van der Waals surface area contributed by atoms with Crippen molar-refractivity contribution in [1.29, 1.82) is 0 Å². The molecule has 0 aliphatic rings. The van der Waals surface area contributed by atoms with E-state index in [1.807, 2.05) is 0 Å². The van der Waals surface area contributed by atoms with Gasteiger partial charge in [-0.05, 0) is 71.0 Å². The van der Waals surface area contributed by atoms with Crippen LogP contribution in [0.1, 0.15) is 50.5 Å². The van der Waals surface area contributed by atoms with Gasteiger partial charge >= 0.3 is 6.09 Å². The van der Waals surface area contributed by atoms with E-state index >= 15 is 0 Å². The minimum atomic E-state index is -0.696.